The summed E-state index contributed by atoms with van der Waals surface area (Å²) in [6, 6.07) is 148. The van der Waals surface area contributed by atoms with Crippen molar-refractivity contribution in [2.24, 2.45) is 0 Å². The first-order valence-corrected chi connectivity index (χ1v) is 40.7. The second kappa shape index (κ2) is 26.1. The Morgan fingerprint density at radius 1 is 0.217 bits per heavy atom. The minimum Gasteiger partial charge on any atom is -0.342 e. The van der Waals surface area contributed by atoms with E-state index < -0.39 is 0 Å². The highest BCUT2D eigenvalue weighted by Crippen LogP contribution is 2.50. The van der Waals surface area contributed by atoms with Gasteiger partial charge in [0.2, 0.25) is 0 Å². The van der Waals surface area contributed by atoms with Crippen LogP contribution in [0.25, 0.3) is 175 Å². The Hall–Kier alpha value is -14.3. The third-order valence-corrected chi connectivity index (χ3v) is 25.9. The summed E-state index contributed by atoms with van der Waals surface area (Å²) in [6.07, 6.45) is 1.53. The molecule has 2 aliphatic heterocycles. The second-order valence-electron chi connectivity index (χ2n) is 31.8. The molecule has 2 aliphatic rings. The molecule has 0 N–H and O–H groups in total. The largest absolute Gasteiger partial charge is 0.342 e. The summed E-state index contributed by atoms with van der Waals surface area (Å²) in [5, 5.41) is 23.3. The molecule has 0 fully saturated rings. The van der Waals surface area contributed by atoms with Gasteiger partial charge in [0.15, 0.2) is 0 Å². The fourth-order valence-corrected chi connectivity index (χ4v) is 21.0. The van der Waals surface area contributed by atoms with Gasteiger partial charge in [-0.1, -0.05) is 352 Å². The van der Waals surface area contributed by atoms with Gasteiger partial charge in [-0.05, 0) is 235 Å². The van der Waals surface area contributed by atoms with E-state index in [4.69, 9.17) is 0 Å². The van der Waals surface area contributed by atoms with Crippen LogP contribution in [0.15, 0.2) is 388 Å². The molecule has 536 valence electrons. The Balaban J connectivity index is 0.778. The smallest absolute Gasteiger partial charge is 0.252 e. The number of anilines is 4. The molecule has 0 radical (unpaired) electrons. The van der Waals surface area contributed by atoms with E-state index in [0.29, 0.717) is 19.6 Å². The molecule has 0 aliphatic carbocycles. The minimum absolute atomic E-state index is 0.150. The van der Waals surface area contributed by atoms with Crippen molar-refractivity contribution >= 4 is 154 Å². The van der Waals surface area contributed by atoms with Crippen molar-refractivity contribution in [2.45, 2.75) is 19.4 Å². The summed E-state index contributed by atoms with van der Waals surface area (Å²) in [5.41, 5.74) is 30.0. The first kappa shape index (κ1) is 65.4. The normalized spacial score (nSPS) is 12.6. The van der Waals surface area contributed by atoms with Gasteiger partial charge in [0.25, 0.3) is 6.71 Å². The Labute approximate surface area is 667 Å². The number of aromatic nitrogens is 1. The number of nitrogens with zero attached hydrogens (tertiary/aromatic N) is 3. The average molecular weight is 1460 g/mol. The van der Waals surface area contributed by atoms with Gasteiger partial charge in [0, 0.05) is 64.2 Å². The Kier molecular flexibility index (Phi) is 14.9. The van der Waals surface area contributed by atoms with Crippen LogP contribution in [0, 0.1) is 0 Å². The van der Waals surface area contributed by atoms with E-state index in [1.54, 1.807) is 0 Å². The molecular weight excluding hydrogens is 1390 g/mol. The second-order valence-corrected chi connectivity index (χ2v) is 31.8. The van der Waals surface area contributed by atoms with E-state index in [2.05, 4.69) is 403 Å². The monoisotopic (exact) mass is 1460 g/mol. The molecule has 0 saturated heterocycles. The molecule has 3 nitrogen and oxygen atoms in total. The first-order chi connectivity index (χ1) is 57.1. The van der Waals surface area contributed by atoms with Crippen LogP contribution in [-0.2, 0) is 19.4 Å². The lowest BCUT2D eigenvalue weighted by molar-refractivity contribution is 0.860. The first-order valence-electron chi connectivity index (χ1n) is 40.7. The molecule has 0 unspecified atom stereocenters. The van der Waals surface area contributed by atoms with Gasteiger partial charge in [-0.2, -0.15) is 0 Å². The van der Waals surface area contributed by atoms with Crippen LogP contribution in [-0.4, -0.2) is 24.4 Å². The van der Waals surface area contributed by atoms with Crippen molar-refractivity contribution < 1.29 is 0 Å². The van der Waals surface area contributed by atoms with Gasteiger partial charge in [-0.3, -0.25) is 0 Å². The predicted molar refractivity (Wildman–Crippen MR) is 492 cm³/mol. The number of hydrogen-bond acceptors (Lipinski definition) is 2. The average Bonchev–Trinajstić information content (AvgIpc) is 1.59. The molecule has 0 amide bonds. The summed E-state index contributed by atoms with van der Waals surface area (Å²) in [5.74, 6) is 0. The van der Waals surface area contributed by atoms with Crippen LogP contribution in [0.3, 0.4) is 0 Å². The molecule has 1 aromatic heterocycles. The fourth-order valence-electron chi connectivity index (χ4n) is 21.0. The van der Waals surface area contributed by atoms with Gasteiger partial charge < -0.3 is 14.4 Å². The van der Waals surface area contributed by atoms with E-state index in [1.165, 1.54) is 231 Å². The van der Waals surface area contributed by atoms with Gasteiger partial charge in [-0.25, -0.2) is 0 Å². The third-order valence-electron chi connectivity index (χ3n) is 25.9. The molecule has 0 saturated carbocycles. The van der Waals surface area contributed by atoms with E-state index in [0.717, 1.165) is 12.8 Å². The van der Waals surface area contributed by atoms with Crippen LogP contribution in [0.2, 0.25) is 0 Å². The fraction of sp³-hybridized carbons (Fsp3) is 0.0450. The molecule has 22 aromatic rings. The topological polar surface area (TPSA) is 11.4 Å². The molecule has 3 heterocycles. The van der Waals surface area contributed by atoms with Crippen molar-refractivity contribution in [3.05, 3.63) is 405 Å². The van der Waals surface area contributed by atoms with Crippen molar-refractivity contribution in [3.8, 4) is 66.8 Å². The Morgan fingerprint density at radius 2 is 0.539 bits per heavy atom. The van der Waals surface area contributed by atoms with Crippen molar-refractivity contribution in [1.29, 1.82) is 0 Å². The quantitative estimate of drug-likeness (QED) is 0.0611. The van der Waals surface area contributed by atoms with Crippen molar-refractivity contribution in [2.75, 3.05) is 22.9 Å². The lowest BCUT2D eigenvalue weighted by Crippen LogP contribution is -2.62. The number of hydrogen-bond donors (Lipinski definition) is 0. The SMILES string of the molecule is c1ccc(-c2cccc(-c3ccccc3)c2CCN2c3cc(-c4ccc5c6cccc7cccc(c8cccc4c85)c76)ccc3B3c4ccc(-c5ccc6c7cccc8cccc(c9cccc5c96)c87)cc4N(CCc4c(-c5ccccc5)cccc4-c4ccccc4)c4cc(Cn5c6ccccc6c6ccccc65)cc2c43)cc1. The van der Waals surface area contributed by atoms with E-state index >= 15 is 0 Å². The van der Waals surface area contributed by atoms with Gasteiger partial charge in [-0.15, -0.1) is 0 Å². The molecule has 21 aromatic carbocycles. The van der Waals surface area contributed by atoms with E-state index in [-0.39, 0.29) is 6.71 Å². The van der Waals surface area contributed by atoms with Crippen LogP contribution in [0.4, 0.5) is 22.7 Å². The lowest BCUT2D eigenvalue weighted by Gasteiger charge is -2.45. The zero-order valence-corrected chi connectivity index (χ0v) is 63.4. The van der Waals surface area contributed by atoms with Crippen LogP contribution < -0.4 is 26.2 Å². The molecule has 0 spiro atoms. The highest BCUT2D eigenvalue weighted by Gasteiger charge is 2.44. The van der Waals surface area contributed by atoms with Gasteiger partial charge in [0.1, 0.15) is 0 Å². The Morgan fingerprint density at radius 3 is 0.930 bits per heavy atom. The number of rotatable bonds is 14. The zero-order valence-electron chi connectivity index (χ0n) is 63.4. The molecule has 0 bridgehead atoms. The van der Waals surface area contributed by atoms with E-state index in [9.17, 15) is 0 Å². The van der Waals surface area contributed by atoms with Crippen molar-refractivity contribution in [3.63, 3.8) is 0 Å². The predicted octanol–water partition coefficient (Wildman–Crippen LogP) is 26.9. The summed E-state index contributed by atoms with van der Waals surface area (Å²) in [4.78, 5) is 5.57. The summed E-state index contributed by atoms with van der Waals surface area (Å²) in [7, 11) is 0. The summed E-state index contributed by atoms with van der Waals surface area (Å²) >= 11 is 0. The third kappa shape index (κ3) is 10.2. The van der Waals surface area contributed by atoms with Gasteiger partial charge >= 0.3 is 0 Å². The maximum absolute atomic E-state index is 2.78. The van der Waals surface area contributed by atoms with Crippen LogP contribution in [0.1, 0.15) is 16.7 Å². The lowest BCUT2D eigenvalue weighted by atomic mass is 9.33. The number of para-hydroxylation sites is 2. The number of fused-ring (bicyclic) bond motifs is 11. The van der Waals surface area contributed by atoms with Crippen LogP contribution in [0.5, 0.6) is 0 Å². The minimum atomic E-state index is -0.150. The summed E-state index contributed by atoms with van der Waals surface area (Å²) < 4.78 is 2.59. The molecule has 0 atom stereocenters. The van der Waals surface area contributed by atoms with Gasteiger partial charge in [0.05, 0.1) is 0 Å². The highest BCUT2D eigenvalue weighted by molar-refractivity contribution is 7.00. The van der Waals surface area contributed by atoms with Crippen LogP contribution >= 0.6 is 0 Å². The zero-order chi connectivity index (χ0) is 75.3. The highest BCUT2D eigenvalue weighted by atomic mass is 15.2. The Bertz CT molecular complexity index is 7030. The van der Waals surface area contributed by atoms with Crippen molar-refractivity contribution in [1.82, 2.24) is 4.57 Å². The summed E-state index contributed by atoms with van der Waals surface area (Å²) in [6.45, 7) is 1.90. The molecule has 24 rings (SSSR count). The maximum atomic E-state index is 2.78. The molecule has 4 heteroatoms. The molecule has 115 heavy (non-hydrogen) atoms. The number of benzene rings is 21. The standard InChI is InChI=1S/C111H74BN3/c1-5-25-71(26-6-1)79-39-21-40-80(72-27-7-2-8-28-72)85(79)61-63-113-103-67-77(83-55-57-97-93-45-19-35-75-33-17-43-91(107(75)93)95-49-23-47-89(83)109(95)97)53-59-99(103)112-100-60-54-78(84-56-58-98-94-46-20-36-76-34-18-44-92(108(76)94)96-50-24-48-90(84)110(96)98)68-104(100)114(64-62-86-81(73-29-9-3-10-30-73)41-22-42-82(86)74-31-11-4-12-32-74)106-66-70(65-105(113)111(106)112)69-115-101-51-15-13-37-87(101)88-38-14-16-52-102(88)115/h1-60,65-68H,61-64,69H2. The van der Waals surface area contributed by atoms with E-state index in [1.807, 2.05) is 0 Å². The maximum Gasteiger partial charge on any atom is 0.252 e. The molecular formula is C111H74BN3.